The average molecular weight is 160 g/mol. The lowest BCUT2D eigenvalue weighted by atomic mass is 10.2. The third-order valence-corrected chi connectivity index (χ3v) is 1.50. The van der Waals surface area contributed by atoms with Gasteiger partial charge in [-0.05, 0) is 6.42 Å². The van der Waals surface area contributed by atoms with Crippen molar-refractivity contribution in [2.75, 3.05) is 26.9 Å². The summed E-state index contributed by atoms with van der Waals surface area (Å²) in [6.45, 7) is 6.82. The fourth-order valence-electron chi connectivity index (χ4n) is 0.864. The minimum atomic E-state index is 0.525. The van der Waals surface area contributed by atoms with Gasteiger partial charge in [-0.3, -0.25) is 0 Å². The summed E-state index contributed by atoms with van der Waals surface area (Å²) in [5.41, 5.74) is 0. The van der Waals surface area contributed by atoms with Gasteiger partial charge in [0.05, 0.1) is 13.2 Å². The van der Waals surface area contributed by atoms with Crippen LogP contribution in [0.15, 0.2) is 0 Å². The molecule has 2 heteroatoms. The maximum atomic E-state index is 5.41. The van der Waals surface area contributed by atoms with Crippen molar-refractivity contribution in [1.82, 2.24) is 0 Å². The molecule has 0 amide bonds. The molecule has 0 aromatic rings. The van der Waals surface area contributed by atoms with Crippen LogP contribution in [0, 0.1) is 5.92 Å². The van der Waals surface area contributed by atoms with Crippen LogP contribution in [0.2, 0.25) is 0 Å². The van der Waals surface area contributed by atoms with Crippen LogP contribution in [-0.4, -0.2) is 26.9 Å². The molecule has 0 rings (SSSR count). The van der Waals surface area contributed by atoms with E-state index in [1.54, 1.807) is 7.11 Å². The topological polar surface area (TPSA) is 18.5 Å². The molecule has 0 fully saturated rings. The highest BCUT2D eigenvalue weighted by molar-refractivity contribution is 4.47. The van der Waals surface area contributed by atoms with Gasteiger partial charge in [0.15, 0.2) is 0 Å². The Bertz CT molecular complexity index is 74.0. The van der Waals surface area contributed by atoms with Crippen LogP contribution >= 0.6 is 0 Å². The van der Waals surface area contributed by atoms with Gasteiger partial charge >= 0.3 is 0 Å². The minimum absolute atomic E-state index is 0.525. The van der Waals surface area contributed by atoms with E-state index in [-0.39, 0.29) is 0 Å². The summed E-state index contributed by atoms with van der Waals surface area (Å²) in [5, 5.41) is 0. The first kappa shape index (κ1) is 10.9. The van der Waals surface area contributed by atoms with Gasteiger partial charge in [-0.1, -0.05) is 20.3 Å². The summed E-state index contributed by atoms with van der Waals surface area (Å²) in [6, 6.07) is 0. The van der Waals surface area contributed by atoms with Gasteiger partial charge in [-0.15, -0.1) is 0 Å². The maximum Gasteiger partial charge on any atom is 0.0513 e. The summed E-state index contributed by atoms with van der Waals surface area (Å²) in [7, 11) is 1.72. The number of rotatable bonds is 7. The smallest absolute Gasteiger partial charge is 0.0513 e. The average Bonchev–Trinajstić information content (AvgIpc) is 1.99. The van der Waals surface area contributed by atoms with Gasteiger partial charge in [-0.25, -0.2) is 0 Å². The Morgan fingerprint density at radius 1 is 1.27 bits per heavy atom. The van der Waals surface area contributed by atoms with Crippen molar-refractivity contribution in [3.63, 3.8) is 0 Å². The van der Waals surface area contributed by atoms with Gasteiger partial charge < -0.3 is 9.47 Å². The summed E-state index contributed by atoms with van der Waals surface area (Å²) < 4.78 is 10.4. The number of ether oxygens (including phenoxy) is 2. The third-order valence-electron chi connectivity index (χ3n) is 1.50. The fraction of sp³-hybridized carbons (Fsp3) is 1.00. The van der Waals surface area contributed by atoms with Crippen molar-refractivity contribution in [3.8, 4) is 0 Å². The maximum absolute atomic E-state index is 5.41. The summed E-state index contributed by atoms with van der Waals surface area (Å²) >= 11 is 0. The van der Waals surface area contributed by atoms with E-state index in [0.717, 1.165) is 19.8 Å². The monoisotopic (exact) mass is 160 g/mol. The van der Waals surface area contributed by atoms with Crippen LogP contribution in [-0.2, 0) is 9.47 Å². The number of unbranched alkanes of at least 4 members (excludes halogenated alkanes) is 1. The highest BCUT2D eigenvalue weighted by Gasteiger charge is 1.99. The van der Waals surface area contributed by atoms with Gasteiger partial charge in [0, 0.05) is 19.6 Å². The molecule has 0 heterocycles. The number of methoxy groups -OCH3 is 1. The number of hydrogen-bond acceptors (Lipinski definition) is 2. The van der Waals surface area contributed by atoms with Crippen LogP contribution in [0.5, 0.6) is 0 Å². The molecule has 0 aliphatic carbocycles. The molecule has 0 saturated carbocycles. The zero-order chi connectivity index (χ0) is 8.53. The molecule has 0 aromatic carbocycles. The van der Waals surface area contributed by atoms with Gasteiger partial charge in [0.25, 0.3) is 0 Å². The van der Waals surface area contributed by atoms with E-state index in [9.17, 15) is 0 Å². The zero-order valence-corrected chi connectivity index (χ0v) is 7.93. The summed E-state index contributed by atoms with van der Waals surface area (Å²) in [4.78, 5) is 0. The Kier molecular flexibility index (Phi) is 7.96. The largest absolute Gasteiger partial charge is 0.384 e. The molecule has 0 aliphatic rings. The molecule has 11 heavy (non-hydrogen) atoms. The normalized spacial score (nSPS) is 13.4. The van der Waals surface area contributed by atoms with Crippen LogP contribution in [0.1, 0.15) is 26.7 Å². The van der Waals surface area contributed by atoms with E-state index in [2.05, 4.69) is 13.8 Å². The first-order valence-corrected chi connectivity index (χ1v) is 4.38. The lowest BCUT2D eigenvalue weighted by Gasteiger charge is -2.09. The first-order chi connectivity index (χ1) is 5.31. The molecule has 0 radical (unpaired) electrons. The highest BCUT2D eigenvalue weighted by atomic mass is 16.5. The lowest BCUT2D eigenvalue weighted by Crippen LogP contribution is -2.11. The zero-order valence-electron chi connectivity index (χ0n) is 7.93. The van der Waals surface area contributed by atoms with Crippen molar-refractivity contribution >= 4 is 0 Å². The second-order valence-electron chi connectivity index (χ2n) is 2.99. The number of hydrogen-bond donors (Lipinski definition) is 0. The van der Waals surface area contributed by atoms with Crippen molar-refractivity contribution in [2.24, 2.45) is 5.92 Å². The quantitative estimate of drug-likeness (QED) is 0.531. The molecule has 0 bridgehead atoms. The van der Waals surface area contributed by atoms with Crippen LogP contribution in [0.4, 0.5) is 0 Å². The molecule has 1 atom stereocenters. The fourth-order valence-corrected chi connectivity index (χ4v) is 0.864. The Hall–Kier alpha value is -0.0800. The molecule has 0 N–H and O–H groups in total. The Balaban J connectivity index is 2.97. The predicted octanol–water partition coefficient (Wildman–Crippen LogP) is 2.09. The molecule has 0 aliphatic heterocycles. The van der Waals surface area contributed by atoms with E-state index in [1.807, 2.05) is 0 Å². The first-order valence-electron chi connectivity index (χ1n) is 4.38. The molecule has 68 valence electrons. The summed E-state index contributed by atoms with van der Waals surface area (Å²) in [6.07, 6.45) is 2.37. The minimum Gasteiger partial charge on any atom is -0.384 e. The molecular weight excluding hydrogens is 140 g/mol. The van der Waals surface area contributed by atoms with E-state index in [4.69, 9.17) is 9.47 Å². The molecule has 2 nitrogen and oxygen atoms in total. The second kappa shape index (κ2) is 8.02. The van der Waals surface area contributed by atoms with E-state index in [1.165, 1.54) is 12.8 Å². The molecular formula is C9H20O2. The Morgan fingerprint density at radius 3 is 2.55 bits per heavy atom. The standard InChI is InChI=1S/C9H20O2/c1-4-5-6-11-8-9(2)7-10-3/h9H,4-8H2,1-3H3/t9-/m1/s1. The summed E-state index contributed by atoms with van der Waals surface area (Å²) in [5.74, 6) is 0.525. The van der Waals surface area contributed by atoms with Crippen molar-refractivity contribution in [1.29, 1.82) is 0 Å². The molecule has 0 spiro atoms. The van der Waals surface area contributed by atoms with E-state index < -0.39 is 0 Å². The van der Waals surface area contributed by atoms with Crippen molar-refractivity contribution in [3.05, 3.63) is 0 Å². The Labute approximate surface area is 69.9 Å². The third kappa shape index (κ3) is 7.82. The van der Waals surface area contributed by atoms with Gasteiger partial charge in [0.1, 0.15) is 0 Å². The van der Waals surface area contributed by atoms with E-state index in [0.29, 0.717) is 5.92 Å². The predicted molar refractivity (Wildman–Crippen MR) is 46.8 cm³/mol. The van der Waals surface area contributed by atoms with Crippen molar-refractivity contribution in [2.45, 2.75) is 26.7 Å². The Morgan fingerprint density at radius 2 is 2.00 bits per heavy atom. The molecule has 0 saturated heterocycles. The highest BCUT2D eigenvalue weighted by Crippen LogP contribution is 1.97. The van der Waals surface area contributed by atoms with Crippen LogP contribution < -0.4 is 0 Å². The SMILES string of the molecule is CCCCOC[C@H](C)COC. The second-order valence-corrected chi connectivity index (χ2v) is 2.99. The van der Waals surface area contributed by atoms with E-state index >= 15 is 0 Å². The van der Waals surface area contributed by atoms with Crippen LogP contribution in [0.3, 0.4) is 0 Å². The molecule has 0 aromatic heterocycles. The van der Waals surface area contributed by atoms with Crippen molar-refractivity contribution < 1.29 is 9.47 Å². The van der Waals surface area contributed by atoms with Gasteiger partial charge in [0.2, 0.25) is 0 Å². The van der Waals surface area contributed by atoms with Gasteiger partial charge in [-0.2, -0.15) is 0 Å². The van der Waals surface area contributed by atoms with Crippen LogP contribution in [0.25, 0.3) is 0 Å². The lowest BCUT2D eigenvalue weighted by molar-refractivity contribution is 0.0634. The molecule has 0 unspecified atom stereocenters.